The molecule has 18 heteroatoms. The van der Waals surface area contributed by atoms with Gasteiger partial charge in [-0.1, -0.05) is 0 Å². The smallest absolute Gasteiger partial charge is 0.305 e. The van der Waals surface area contributed by atoms with E-state index >= 15 is 0 Å². The standard InChI is InChI=1S/C26H36O18/c1-10(28)35-9-18-20(36-11(2)29)22(38-13(4)31)24(40-15(6)33)26(43-18)44-19-17(8-27)42-25(41-16(7)34)23(39-14(5)32)21(19)37-12(3)30/h17-27H,8-9H2,1-7H3/t17-,18-,19-,20-,21+,22+,23-,24-,25-,26-/m1/s1. The lowest BCUT2D eigenvalue weighted by atomic mass is 9.96. The first-order valence-corrected chi connectivity index (χ1v) is 13.3. The van der Waals surface area contributed by atoms with Gasteiger partial charge in [-0.2, -0.15) is 0 Å². The van der Waals surface area contributed by atoms with E-state index in [4.69, 9.17) is 47.4 Å². The van der Waals surface area contributed by atoms with Gasteiger partial charge in [0.2, 0.25) is 12.4 Å². The molecule has 0 amide bonds. The van der Waals surface area contributed by atoms with Gasteiger partial charge in [-0.05, 0) is 0 Å². The molecule has 2 saturated heterocycles. The van der Waals surface area contributed by atoms with Crippen LogP contribution in [0.2, 0.25) is 0 Å². The third-order valence-electron chi connectivity index (χ3n) is 5.90. The van der Waals surface area contributed by atoms with E-state index in [2.05, 4.69) is 0 Å². The highest BCUT2D eigenvalue weighted by molar-refractivity contribution is 5.69. The quantitative estimate of drug-likeness (QED) is 0.203. The van der Waals surface area contributed by atoms with Crippen LogP contribution in [0.3, 0.4) is 0 Å². The third kappa shape index (κ3) is 10.4. The van der Waals surface area contributed by atoms with Crippen molar-refractivity contribution in [2.45, 2.75) is 110 Å². The number of hydrogen-bond donors (Lipinski definition) is 1. The molecule has 2 heterocycles. The first-order chi connectivity index (χ1) is 20.5. The maximum Gasteiger partial charge on any atom is 0.305 e. The van der Waals surface area contributed by atoms with Crippen molar-refractivity contribution in [2.24, 2.45) is 0 Å². The molecule has 18 nitrogen and oxygen atoms in total. The van der Waals surface area contributed by atoms with Crippen LogP contribution in [0.25, 0.3) is 0 Å². The minimum absolute atomic E-state index is 0.569. The van der Waals surface area contributed by atoms with Gasteiger partial charge in [0.15, 0.2) is 30.7 Å². The molecule has 2 aliphatic rings. The second-order valence-corrected chi connectivity index (χ2v) is 9.65. The number of carbonyl (C=O) groups is 7. The molecule has 10 atom stereocenters. The van der Waals surface area contributed by atoms with Crippen LogP contribution < -0.4 is 0 Å². The van der Waals surface area contributed by atoms with Crippen LogP contribution in [0.5, 0.6) is 0 Å². The summed E-state index contributed by atoms with van der Waals surface area (Å²) in [6.07, 6.45) is -16.0. The van der Waals surface area contributed by atoms with Crippen LogP contribution in [0.4, 0.5) is 0 Å². The molecule has 2 aliphatic heterocycles. The summed E-state index contributed by atoms with van der Waals surface area (Å²) < 4.78 is 54.4. The molecule has 0 aliphatic carbocycles. The summed E-state index contributed by atoms with van der Waals surface area (Å²) in [5, 5.41) is 10.2. The average molecular weight is 637 g/mol. The molecule has 0 spiro atoms. The number of rotatable bonds is 11. The summed E-state index contributed by atoms with van der Waals surface area (Å²) in [5.41, 5.74) is 0. The summed E-state index contributed by atoms with van der Waals surface area (Å²) >= 11 is 0. The van der Waals surface area contributed by atoms with Crippen LogP contribution in [-0.2, 0) is 80.9 Å². The molecule has 0 aromatic heterocycles. The van der Waals surface area contributed by atoms with E-state index in [1.54, 1.807) is 0 Å². The van der Waals surface area contributed by atoms with E-state index in [0.29, 0.717) is 0 Å². The van der Waals surface area contributed by atoms with Crippen molar-refractivity contribution in [3.8, 4) is 0 Å². The van der Waals surface area contributed by atoms with Crippen molar-refractivity contribution < 1.29 is 86.0 Å². The number of aliphatic hydroxyl groups excluding tert-OH is 1. The fraction of sp³-hybridized carbons (Fsp3) is 0.731. The molecule has 1 N–H and O–H groups in total. The number of carbonyl (C=O) groups excluding carboxylic acids is 7. The van der Waals surface area contributed by atoms with Crippen LogP contribution in [0.15, 0.2) is 0 Å². The molecule has 0 aromatic rings. The molecular formula is C26H36O18. The molecule has 248 valence electrons. The highest BCUT2D eigenvalue weighted by Crippen LogP contribution is 2.35. The number of aliphatic hydroxyl groups is 1. The summed E-state index contributed by atoms with van der Waals surface area (Å²) in [4.78, 5) is 83.7. The zero-order chi connectivity index (χ0) is 33.3. The second kappa shape index (κ2) is 16.3. The number of ether oxygens (including phenoxy) is 10. The van der Waals surface area contributed by atoms with Gasteiger partial charge in [-0.15, -0.1) is 0 Å². The number of hydrogen-bond acceptors (Lipinski definition) is 18. The van der Waals surface area contributed by atoms with Gasteiger partial charge < -0.3 is 52.5 Å². The zero-order valence-electron chi connectivity index (χ0n) is 25.1. The van der Waals surface area contributed by atoms with Gasteiger partial charge in [-0.25, -0.2) is 0 Å². The minimum Gasteiger partial charge on any atom is -0.463 e. The van der Waals surface area contributed by atoms with E-state index in [0.717, 1.165) is 48.5 Å². The Morgan fingerprint density at radius 3 is 1.30 bits per heavy atom. The topological polar surface area (TPSA) is 232 Å². The van der Waals surface area contributed by atoms with E-state index in [-0.39, 0.29) is 0 Å². The largest absolute Gasteiger partial charge is 0.463 e. The van der Waals surface area contributed by atoms with E-state index in [9.17, 15) is 38.7 Å². The Kier molecular flexibility index (Phi) is 13.4. The SMILES string of the molecule is CC(=O)OC[C@H]1O[C@H](O[C@H]2[C@H](OC(C)=O)[C@@H](OC(C)=O)[C@H](OC(C)=O)O[C@@H]2CO)[C@H](OC(C)=O)[C@@H](OC(C)=O)[C@@H]1OC(C)=O. The first kappa shape index (κ1) is 36.3. The van der Waals surface area contributed by atoms with E-state index < -0.39 is 116 Å². The molecule has 0 unspecified atom stereocenters. The lowest BCUT2D eigenvalue weighted by Gasteiger charge is -2.48. The molecule has 0 bridgehead atoms. The third-order valence-corrected chi connectivity index (χ3v) is 5.90. The summed E-state index contributed by atoms with van der Waals surface area (Å²) in [6, 6.07) is 0. The van der Waals surface area contributed by atoms with Gasteiger partial charge in [0, 0.05) is 48.5 Å². The van der Waals surface area contributed by atoms with Crippen LogP contribution in [-0.4, -0.2) is 122 Å². The molecular weight excluding hydrogens is 600 g/mol. The minimum atomic E-state index is -1.79. The van der Waals surface area contributed by atoms with Crippen molar-refractivity contribution in [3.63, 3.8) is 0 Å². The Bertz CT molecular complexity index is 1090. The second-order valence-electron chi connectivity index (χ2n) is 9.65. The molecule has 2 fully saturated rings. The highest BCUT2D eigenvalue weighted by Gasteiger charge is 2.57. The number of esters is 7. The summed E-state index contributed by atoms with van der Waals surface area (Å²) in [5.74, 6) is -6.13. The van der Waals surface area contributed by atoms with Crippen molar-refractivity contribution in [2.75, 3.05) is 13.2 Å². The van der Waals surface area contributed by atoms with E-state index in [1.807, 2.05) is 0 Å². The Balaban J connectivity index is 2.65. The highest BCUT2D eigenvalue weighted by atomic mass is 16.8. The van der Waals surface area contributed by atoms with Gasteiger partial charge in [0.05, 0.1) is 6.61 Å². The van der Waals surface area contributed by atoms with Crippen molar-refractivity contribution in [1.82, 2.24) is 0 Å². The predicted octanol–water partition coefficient (Wildman–Crippen LogP) is -1.40. The Labute approximate surface area is 251 Å². The maximum atomic E-state index is 12.2. The molecule has 2 rings (SSSR count). The maximum absolute atomic E-state index is 12.2. The fourth-order valence-corrected chi connectivity index (χ4v) is 4.54. The predicted molar refractivity (Wildman–Crippen MR) is 135 cm³/mol. The monoisotopic (exact) mass is 636 g/mol. The van der Waals surface area contributed by atoms with Crippen LogP contribution in [0, 0.1) is 0 Å². The fourth-order valence-electron chi connectivity index (χ4n) is 4.54. The van der Waals surface area contributed by atoms with Gasteiger partial charge in [0.1, 0.15) is 24.9 Å². The van der Waals surface area contributed by atoms with Gasteiger partial charge in [-0.3, -0.25) is 33.6 Å². The van der Waals surface area contributed by atoms with Crippen LogP contribution in [0.1, 0.15) is 48.5 Å². The first-order valence-electron chi connectivity index (χ1n) is 13.3. The lowest BCUT2D eigenvalue weighted by molar-refractivity contribution is -0.357. The molecule has 0 radical (unpaired) electrons. The van der Waals surface area contributed by atoms with Gasteiger partial charge in [0.25, 0.3) is 0 Å². The summed E-state index contributed by atoms with van der Waals surface area (Å²) in [6.45, 7) is 5.81. The van der Waals surface area contributed by atoms with Crippen molar-refractivity contribution in [1.29, 1.82) is 0 Å². The molecule has 0 saturated carbocycles. The Morgan fingerprint density at radius 1 is 0.477 bits per heavy atom. The van der Waals surface area contributed by atoms with Crippen molar-refractivity contribution in [3.05, 3.63) is 0 Å². The van der Waals surface area contributed by atoms with E-state index in [1.165, 1.54) is 0 Å². The van der Waals surface area contributed by atoms with Crippen LogP contribution >= 0.6 is 0 Å². The molecule has 44 heavy (non-hydrogen) atoms. The Morgan fingerprint density at radius 2 is 0.864 bits per heavy atom. The Hall–Kier alpha value is -3.87. The summed E-state index contributed by atoms with van der Waals surface area (Å²) in [7, 11) is 0. The van der Waals surface area contributed by atoms with Gasteiger partial charge >= 0.3 is 41.8 Å². The average Bonchev–Trinajstić information content (AvgIpc) is 2.87. The van der Waals surface area contributed by atoms with Crippen molar-refractivity contribution >= 4 is 41.8 Å². The lowest BCUT2D eigenvalue weighted by Crippen LogP contribution is -2.67. The molecule has 0 aromatic carbocycles. The zero-order valence-corrected chi connectivity index (χ0v) is 25.1. The normalized spacial score (nSPS) is 31.5.